The molecule has 0 spiro atoms. The zero-order chi connectivity index (χ0) is 24.4. The predicted molar refractivity (Wildman–Crippen MR) is 134 cm³/mol. The van der Waals surface area contributed by atoms with Crippen LogP contribution in [-0.2, 0) is 0 Å². The fourth-order valence-corrected chi connectivity index (χ4v) is 4.31. The Kier molecular flexibility index (Phi) is 6.33. The summed E-state index contributed by atoms with van der Waals surface area (Å²) in [6, 6.07) is 13.1. The van der Waals surface area contributed by atoms with Crippen LogP contribution in [-0.4, -0.2) is 57.1 Å². The number of rotatable bonds is 5. The van der Waals surface area contributed by atoms with Crippen molar-refractivity contribution >= 4 is 35.0 Å². The van der Waals surface area contributed by atoms with E-state index in [1.807, 2.05) is 48.2 Å². The van der Waals surface area contributed by atoms with Crippen molar-refractivity contribution in [1.82, 2.24) is 25.0 Å². The molecule has 1 amide bonds. The van der Waals surface area contributed by atoms with Gasteiger partial charge < -0.3 is 19.6 Å². The lowest BCUT2D eigenvalue weighted by Crippen LogP contribution is -2.49. The van der Waals surface area contributed by atoms with E-state index in [4.69, 9.17) is 16.1 Å². The van der Waals surface area contributed by atoms with Gasteiger partial charge in [-0.15, -0.1) is 0 Å². The van der Waals surface area contributed by atoms with E-state index in [1.165, 1.54) is 6.33 Å². The molecule has 0 bridgehead atoms. The van der Waals surface area contributed by atoms with Gasteiger partial charge in [-0.05, 0) is 37.6 Å². The summed E-state index contributed by atoms with van der Waals surface area (Å²) < 4.78 is 5.38. The molecule has 5 rings (SSSR count). The van der Waals surface area contributed by atoms with Gasteiger partial charge in [0.25, 0.3) is 5.91 Å². The quantitative estimate of drug-likeness (QED) is 0.437. The van der Waals surface area contributed by atoms with Crippen molar-refractivity contribution in [2.45, 2.75) is 13.8 Å². The lowest BCUT2D eigenvalue weighted by atomic mass is 10.0. The van der Waals surface area contributed by atoms with Gasteiger partial charge in [-0.1, -0.05) is 35.0 Å². The molecule has 1 aromatic carbocycles. The third-order valence-corrected chi connectivity index (χ3v) is 6.25. The third kappa shape index (κ3) is 4.81. The van der Waals surface area contributed by atoms with E-state index in [0.717, 1.165) is 17.2 Å². The normalized spacial score (nSPS) is 13.7. The van der Waals surface area contributed by atoms with E-state index in [0.29, 0.717) is 59.6 Å². The van der Waals surface area contributed by atoms with Crippen LogP contribution in [0.1, 0.15) is 21.7 Å². The lowest BCUT2D eigenvalue weighted by Gasteiger charge is -2.35. The van der Waals surface area contributed by atoms with Gasteiger partial charge in [0.2, 0.25) is 0 Å². The van der Waals surface area contributed by atoms with Gasteiger partial charge in [0, 0.05) is 44.0 Å². The standard InChI is InChI=1S/C25H24ClN7O2/c1-16-7-8-27-20(13-16)30-21-14-22(29-15-28-21)32-9-11-33(12-10-32)25(34)23-17(2)35-31-24(23)18-5-3-4-6-19(18)26/h3-8,13-15H,9-12H2,1-2H3,(H,27,28,29,30). The van der Waals surface area contributed by atoms with Gasteiger partial charge in [-0.25, -0.2) is 15.0 Å². The Labute approximate surface area is 207 Å². The summed E-state index contributed by atoms with van der Waals surface area (Å²) in [4.78, 5) is 30.4. The number of benzene rings is 1. The summed E-state index contributed by atoms with van der Waals surface area (Å²) in [6.07, 6.45) is 3.28. The first kappa shape index (κ1) is 22.8. The second-order valence-corrected chi connectivity index (χ2v) is 8.73. The van der Waals surface area contributed by atoms with Crippen LogP contribution in [0.2, 0.25) is 5.02 Å². The molecule has 9 nitrogen and oxygen atoms in total. The highest BCUT2D eigenvalue weighted by Gasteiger charge is 2.29. The number of carbonyl (C=O) groups is 1. The number of piperazine rings is 1. The highest BCUT2D eigenvalue weighted by atomic mass is 35.5. The van der Waals surface area contributed by atoms with Crippen LogP contribution in [0.5, 0.6) is 0 Å². The number of carbonyl (C=O) groups excluding carboxylic acids is 1. The Hall–Kier alpha value is -3.98. The molecule has 1 aliphatic heterocycles. The molecule has 1 aliphatic rings. The van der Waals surface area contributed by atoms with Crippen LogP contribution in [0.4, 0.5) is 17.5 Å². The van der Waals surface area contributed by atoms with Crippen molar-refractivity contribution in [2.75, 3.05) is 36.4 Å². The first-order valence-corrected chi connectivity index (χ1v) is 11.6. The van der Waals surface area contributed by atoms with Crippen LogP contribution in [0.3, 0.4) is 0 Å². The van der Waals surface area contributed by atoms with Gasteiger partial charge in [-0.3, -0.25) is 4.79 Å². The molecule has 4 aromatic rings. The minimum atomic E-state index is -0.117. The van der Waals surface area contributed by atoms with Crippen molar-refractivity contribution in [3.8, 4) is 11.3 Å². The molecular formula is C25H24ClN7O2. The van der Waals surface area contributed by atoms with Crippen molar-refractivity contribution in [2.24, 2.45) is 0 Å². The summed E-state index contributed by atoms with van der Waals surface area (Å²) in [5, 5.41) is 7.87. The smallest absolute Gasteiger partial charge is 0.259 e. The van der Waals surface area contributed by atoms with Crippen molar-refractivity contribution in [1.29, 1.82) is 0 Å². The molecule has 1 saturated heterocycles. The van der Waals surface area contributed by atoms with Crippen molar-refractivity contribution in [3.05, 3.63) is 76.9 Å². The number of halogens is 1. The molecule has 0 aliphatic carbocycles. The number of nitrogens with one attached hydrogen (secondary N) is 1. The summed E-state index contributed by atoms with van der Waals surface area (Å²) in [6.45, 7) is 6.11. The maximum atomic E-state index is 13.4. The first-order chi connectivity index (χ1) is 17.0. The molecule has 0 radical (unpaired) electrons. The number of aryl methyl sites for hydroxylation is 2. The van der Waals surface area contributed by atoms with Gasteiger partial charge in [0.1, 0.15) is 40.8 Å². The van der Waals surface area contributed by atoms with Crippen LogP contribution >= 0.6 is 11.6 Å². The number of anilines is 3. The fraction of sp³-hybridized carbons (Fsp3) is 0.240. The molecule has 4 heterocycles. The molecule has 1 N–H and O–H groups in total. The Morgan fingerprint density at radius 3 is 2.54 bits per heavy atom. The Morgan fingerprint density at radius 2 is 1.77 bits per heavy atom. The minimum absolute atomic E-state index is 0.117. The zero-order valence-corrected chi connectivity index (χ0v) is 20.2. The van der Waals surface area contributed by atoms with Crippen LogP contribution in [0.15, 0.2) is 59.5 Å². The molecule has 1 fully saturated rings. The van der Waals surface area contributed by atoms with E-state index in [9.17, 15) is 4.79 Å². The van der Waals surface area contributed by atoms with E-state index in [1.54, 1.807) is 19.2 Å². The number of hydrogen-bond acceptors (Lipinski definition) is 8. The van der Waals surface area contributed by atoms with Crippen LogP contribution in [0.25, 0.3) is 11.3 Å². The SMILES string of the molecule is Cc1ccnc(Nc2cc(N3CCN(C(=O)c4c(-c5ccccc5Cl)noc4C)CC3)ncn2)c1. The minimum Gasteiger partial charge on any atom is -0.360 e. The predicted octanol–water partition coefficient (Wildman–Crippen LogP) is 4.50. The highest BCUT2D eigenvalue weighted by Crippen LogP contribution is 2.32. The van der Waals surface area contributed by atoms with Crippen LogP contribution < -0.4 is 10.2 Å². The van der Waals surface area contributed by atoms with Crippen molar-refractivity contribution in [3.63, 3.8) is 0 Å². The van der Waals surface area contributed by atoms with E-state index in [-0.39, 0.29) is 5.91 Å². The summed E-state index contributed by atoms with van der Waals surface area (Å²) in [7, 11) is 0. The Bertz CT molecular complexity index is 1370. The van der Waals surface area contributed by atoms with Crippen molar-refractivity contribution < 1.29 is 9.32 Å². The average molecular weight is 490 g/mol. The van der Waals surface area contributed by atoms with E-state index >= 15 is 0 Å². The summed E-state index contributed by atoms with van der Waals surface area (Å²) >= 11 is 6.35. The number of amides is 1. The van der Waals surface area contributed by atoms with Gasteiger partial charge in [0.15, 0.2) is 0 Å². The van der Waals surface area contributed by atoms with E-state index < -0.39 is 0 Å². The second-order valence-electron chi connectivity index (χ2n) is 8.33. The monoisotopic (exact) mass is 489 g/mol. The lowest BCUT2D eigenvalue weighted by molar-refractivity contribution is 0.0745. The maximum absolute atomic E-state index is 13.4. The Balaban J connectivity index is 1.28. The highest BCUT2D eigenvalue weighted by molar-refractivity contribution is 6.33. The largest absolute Gasteiger partial charge is 0.360 e. The molecule has 3 aromatic heterocycles. The molecular weight excluding hydrogens is 466 g/mol. The molecule has 10 heteroatoms. The second kappa shape index (κ2) is 9.71. The van der Waals surface area contributed by atoms with Gasteiger partial charge >= 0.3 is 0 Å². The summed E-state index contributed by atoms with van der Waals surface area (Å²) in [5.74, 6) is 2.54. The third-order valence-electron chi connectivity index (χ3n) is 5.92. The maximum Gasteiger partial charge on any atom is 0.259 e. The fourth-order valence-electron chi connectivity index (χ4n) is 4.08. The summed E-state index contributed by atoms with van der Waals surface area (Å²) in [5.41, 5.74) is 2.71. The number of hydrogen-bond donors (Lipinski definition) is 1. The molecule has 0 unspecified atom stereocenters. The number of aromatic nitrogens is 4. The Morgan fingerprint density at radius 1 is 1.00 bits per heavy atom. The van der Waals surface area contributed by atoms with Crippen LogP contribution in [0, 0.1) is 13.8 Å². The molecule has 0 saturated carbocycles. The molecule has 178 valence electrons. The molecule has 0 atom stereocenters. The first-order valence-electron chi connectivity index (χ1n) is 11.3. The topological polar surface area (TPSA) is 100 Å². The van der Waals surface area contributed by atoms with Gasteiger partial charge in [-0.2, -0.15) is 0 Å². The number of nitrogens with zero attached hydrogens (tertiary/aromatic N) is 6. The van der Waals surface area contributed by atoms with E-state index in [2.05, 4.69) is 30.3 Å². The average Bonchev–Trinajstić information content (AvgIpc) is 3.25. The van der Waals surface area contributed by atoms with Gasteiger partial charge in [0.05, 0.1) is 5.02 Å². The zero-order valence-electron chi connectivity index (χ0n) is 19.4. The molecule has 35 heavy (non-hydrogen) atoms. The number of pyridine rings is 1.